The van der Waals surface area contributed by atoms with Gasteiger partial charge in [0, 0.05) is 11.1 Å². The summed E-state index contributed by atoms with van der Waals surface area (Å²) in [5, 5.41) is 20.6. The van der Waals surface area contributed by atoms with Gasteiger partial charge in [0.2, 0.25) is 11.4 Å². The molecular formula is C24H20O4. The summed E-state index contributed by atoms with van der Waals surface area (Å²) >= 11 is 0. The SMILES string of the molecule is Cc1ccc(-c2ccc(C3(c4ccccc4)OC(=O)C(O)=C3O)cc2)cc1C. The van der Waals surface area contributed by atoms with E-state index in [-0.39, 0.29) is 0 Å². The molecule has 4 heteroatoms. The van der Waals surface area contributed by atoms with E-state index in [0.717, 1.165) is 11.1 Å². The molecule has 0 amide bonds. The quantitative estimate of drug-likeness (QED) is 0.628. The second kappa shape index (κ2) is 6.57. The molecule has 1 atom stereocenters. The first-order valence-corrected chi connectivity index (χ1v) is 9.03. The number of esters is 1. The van der Waals surface area contributed by atoms with Crippen LogP contribution in [0.3, 0.4) is 0 Å². The summed E-state index contributed by atoms with van der Waals surface area (Å²) in [5.41, 5.74) is 4.08. The number of ether oxygens (including phenoxy) is 1. The van der Waals surface area contributed by atoms with Gasteiger partial charge >= 0.3 is 5.97 Å². The lowest BCUT2D eigenvalue weighted by molar-refractivity contribution is -0.147. The number of hydrogen-bond acceptors (Lipinski definition) is 4. The monoisotopic (exact) mass is 372 g/mol. The molecule has 4 rings (SSSR count). The Balaban J connectivity index is 1.83. The van der Waals surface area contributed by atoms with E-state index in [4.69, 9.17) is 4.74 Å². The first kappa shape index (κ1) is 17.9. The number of hydrogen-bond donors (Lipinski definition) is 2. The van der Waals surface area contributed by atoms with Crippen molar-refractivity contribution in [2.75, 3.05) is 0 Å². The Morgan fingerprint density at radius 3 is 1.93 bits per heavy atom. The van der Waals surface area contributed by atoms with Crippen molar-refractivity contribution < 1.29 is 19.7 Å². The van der Waals surface area contributed by atoms with Crippen molar-refractivity contribution in [1.29, 1.82) is 0 Å². The van der Waals surface area contributed by atoms with Gasteiger partial charge in [-0.1, -0.05) is 72.8 Å². The first-order valence-electron chi connectivity index (χ1n) is 9.03. The summed E-state index contributed by atoms with van der Waals surface area (Å²) in [6, 6.07) is 22.6. The van der Waals surface area contributed by atoms with Crippen molar-refractivity contribution in [3.05, 3.63) is 107 Å². The van der Waals surface area contributed by atoms with E-state index in [9.17, 15) is 15.0 Å². The maximum atomic E-state index is 12.0. The molecule has 140 valence electrons. The third-order valence-electron chi connectivity index (χ3n) is 5.31. The van der Waals surface area contributed by atoms with Crippen LogP contribution in [-0.2, 0) is 15.1 Å². The highest BCUT2D eigenvalue weighted by atomic mass is 16.6. The van der Waals surface area contributed by atoms with Crippen molar-refractivity contribution in [1.82, 2.24) is 0 Å². The van der Waals surface area contributed by atoms with Crippen LogP contribution in [0.1, 0.15) is 22.3 Å². The molecule has 2 N–H and O–H groups in total. The van der Waals surface area contributed by atoms with Gasteiger partial charge in [0.25, 0.3) is 0 Å². The number of aryl methyl sites for hydroxylation is 2. The number of rotatable bonds is 3. The zero-order chi connectivity index (χ0) is 19.9. The van der Waals surface area contributed by atoms with Gasteiger partial charge in [0.15, 0.2) is 5.76 Å². The highest BCUT2D eigenvalue weighted by molar-refractivity contribution is 5.91. The zero-order valence-corrected chi connectivity index (χ0v) is 15.6. The van der Waals surface area contributed by atoms with Gasteiger partial charge < -0.3 is 14.9 Å². The van der Waals surface area contributed by atoms with E-state index in [1.165, 1.54) is 11.1 Å². The lowest BCUT2D eigenvalue weighted by atomic mass is 9.84. The van der Waals surface area contributed by atoms with Gasteiger partial charge in [-0.05, 0) is 36.1 Å². The van der Waals surface area contributed by atoms with E-state index in [1.54, 1.807) is 36.4 Å². The molecule has 3 aromatic rings. The minimum absolute atomic E-state index is 0.498. The average molecular weight is 372 g/mol. The lowest BCUT2D eigenvalue weighted by Crippen LogP contribution is -2.30. The summed E-state index contributed by atoms with van der Waals surface area (Å²) in [4.78, 5) is 12.0. The van der Waals surface area contributed by atoms with Crippen LogP contribution in [0.4, 0.5) is 0 Å². The Hall–Kier alpha value is -3.53. The van der Waals surface area contributed by atoms with Crippen molar-refractivity contribution in [2.24, 2.45) is 0 Å². The summed E-state index contributed by atoms with van der Waals surface area (Å²) in [6.45, 7) is 4.14. The number of carbonyl (C=O) groups excluding carboxylic acids is 1. The van der Waals surface area contributed by atoms with Crippen LogP contribution < -0.4 is 0 Å². The minimum atomic E-state index is -1.55. The fraction of sp³-hybridized carbons (Fsp3) is 0.125. The largest absolute Gasteiger partial charge is 0.504 e. The van der Waals surface area contributed by atoms with E-state index in [2.05, 4.69) is 32.0 Å². The van der Waals surface area contributed by atoms with E-state index in [0.29, 0.717) is 11.1 Å². The number of carbonyl (C=O) groups is 1. The molecule has 0 aliphatic carbocycles. The Bertz CT molecular complexity index is 1080. The third-order valence-corrected chi connectivity index (χ3v) is 5.31. The lowest BCUT2D eigenvalue weighted by Gasteiger charge is -2.29. The molecule has 28 heavy (non-hydrogen) atoms. The molecule has 1 unspecified atom stereocenters. The number of aliphatic hydroxyl groups excluding tert-OH is 2. The predicted octanol–water partition coefficient (Wildman–Crippen LogP) is 5.10. The molecule has 4 nitrogen and oxygen atoms in total. The highest BCUT2D eigenvalue weighted by Gasteiger charge is 2.51. The van der Waals surface area contributed by atoms with Gasteiger partial charge in [0.1, 0.15) is 0 Å². The van der Waals surface area contributed by atoms with Crippen LogP contribution in [0.5, 0.6) is 0 Å². The summed E-state index contributed by atoms with van der Waals surface area (Å²) in [5.74, 6) is -2.20. The van der Waals surface area contributed by atoms with Gasteiger partial charge in [-0.2, -0.15) is 0 Å². The zero-order valence-electron chi connectivity index (χ0n) is 15.6. The van der Waals surface area contributed by atoms with Crippen LogP contribution >= 0.6 is 0 Å². The van der Waals surface area contributed by atoms with Crippen LogP contribution in [0.25, 0.3) is 11.1 Å². The molecule has 1 aliphatic heterocycles. The smallest absolute Gasteiger partial charge is 0.378 e. The van der Waals surface area contributed by atoms with Crippen molar-refractivity contribution in [3.63, 3.8) is 0 Å². The number of cyclic esters (lactones) is 1. The van der Waals surface area contributed by atoms with Gasteiger partial charge in [-0.15, -0.1) is 0 Å². The summed E-state index contributed by atoms with van der Waals surface area (Å²) in [7, 11) is 0. The molecule has 3 aromatic carbocycles. The molecule has 0 spiro atoms. The van der Waals surface area contributed by atoms with Gasteiger partial charge in [-0.25, -0.2) is 4.79 Å². The van der Waals surface area contributed by atoms with Gasteiger partial charge in [-0.3, -0.25) is 0 Å². The maximum Gasteiger partial charge on any atom is 0.378 e. The van der Waals surface area contributed by atoms with Crippen molar-refractivity contribution >= 4 is 5.97 Å². The second-order valence-electron chi connectivity index (χ2n) is 7.01. The molecule has 0 radical (unpaired) electrons. The molecule has 0 bridgehead atoms. The molecule has 0 aromatic heterocycles. The number of aliphatic hydroxyl groups is 2. The molecular weight excluding hydrogens is 352 g/mol. The fourth-order valence-corrected chi connectivity index (χ4v) is 3.55. The predicted molar refractivity (Wildman–Crippen MR) is 107 cm³/mol. The van der Waals surface area contributed by atoms with Crippen molar-refractivity contribution in [2.45, 2.75) is 19.4 Å². The van der Waals surface area contributed by atoms with Crippen LogP contribution in [-0.4, -0.2) is 16.2 Å². The second-order valence-corrected chi connectivity index (χ2v) is 7.01. The highest BCUT2D eigenvalue weighted by Crippen LogP contribution is 2.45. The number of benzene rings is 3. The minimum Gasteiger partial charge on any atom is -0.504 e. The Morgan fingerprint density at radius 2 is 1.36 bits per heavy atom. The van der Waals surface area contributed by atoms with E-state index < -0.39 is 23.1 Å². The molecule has 1 aliphatic rings. The normalized spacial score (nSPS) is 19.0. The molecule has 1 heterocycles. The third kappa shape index (κ3) is 2.65. The first-order chi connectivity index (χ1) is 13.4. The van der Waals surface area contributed by atoms with Crippen LogP contribution in [0.2, 0.25) is 0 Å². The summed E-state index contributed by atoms with van der Waals surface area (Å²) in [6.07, 6.45) is 0. The molecule has 0 fully saturated rings. The van der Waals surface area contributed by atoms with Crippen LogP contribution in [0.15, 0.2) is 84.3 Å². The standard InChI is InChI=1S/C24H20O4/c1-15-8-9-18(14-16(15)2)17-10-12-20(13-11-17)24(19-6-4-3-5-7-19)22(26)21(25)23(27)28-24/h3-14,25-26H,1-2H3. The van der Waals surface area contributed by atoms with Crippen molar-refractivity contribution in [3.8, 4) is 11.1 Å². The fourth-order valence-electron chi connectivity index (χ4n) is 3.55. The Kier molecular flexibility index (Phi) is 4.19. The average Bonchev–Trinajstić information content (AvgIpc) is 2.96. The van der Waals surface area contributed by atoms with E-state index in [1.807, 2.05) is 18.2 Å². The van der Waals surface area contributed by atoms with Gasteiger partial charge in [0.05, 0.1) is 0 Å². The molecule has 0 saturated heterocycles. The van der Waals surface area contributed by atoms with Crippen LogP contribution in [0, 0.1) is 13.8 Å². The Morgan fingerprint density at radius 1 is 0.750 bits per heavy atom. The summed E-state index contributed by atoms with van der Waals surface area (Å²) < 4.78 is 5.51. The topological polar surface area (TPSA) is 66.8 Å². The molecule has 0 saturated carbocycles. The maximum absolute atomic E-state index is 12.0. The van der Waals surface area contributed by atoms with E-state index >= 15 is 0 Å². The Labute approximate surface area is 163 Å².